The topological polar surface area (TPSA) is 95.5 Å². The molecule has 0 heterocycles. The molecular weight excluding hydrogens is 296 g/mol. The van der Waals surface area contributed by atoms with Crippen molar-refractivity contribution in [1.82, 2.24) is 5.32 Å². The molecule has 6 nitrogen and oxygen atoms in total. The van der Waals surface area contributed by atoms with Gasteiger partial charge in [-0.25, -0.2) is 0 Å². The highest BCUT2D eigenvalue weighted by Crippen LogP contribution is 2.12. The van der Waals surface area contributed by atoms with Gasteiger partial charge in [-0.1, -0.05) is 18.6 Å². The third-order valence-electron chi connectivity index (χ3n) is 3.32. The van der Waals surface area contributed by atoms with Crippen LogP contribution in [0.2, 0.25) is 0 Å². The van der Waals surface area contributed by atoms with Crippen LogP contribution in [0.4, 0.5) is 5.69 Å². The predicted octanol–water partition coefficient (Wildman–Crippen LogP) is 2.34. The van der Waals surface area contributed by atoms with Crippen LogP contribution in [0.3, 0.4) is 0 Å². The van der Waals surface area contributed by atoms with Gasteiger partial charge in [-0.2, -0.15) is 0 Å². The van der Waals surface area contributed by atoms with Crippen LogP contribution >= 0.6 is 0 Å². The second-order valence-electron chi connectivity index (χ2n) is 5.43. The smallest absolute Gasteiger partial charge is 0.303 e. The fourth-order valence-electron chi connectivity index (χ4n) is 2.08. The lowest BCUT2D eigenvalue weighted by molar-refractivity contribution is -0.137. The summed E-state index contributed by atoms with van der Waals surface area (Å²) >= 11 is 0. The van der Waals surface area contributed by atoms with Crippen LogP contribution in [0.5, 0.6) is 0 Å². The van der Waals surface area contributed by atoms with Crippen molar-refractivity contribution in [1.29, 1.82) is 0 Å². The number of aryl methyl sites for hydroxylation is 1. The van der Waals surface area contributed by atoms with Gasteiger partial charge in [0.15, 0.2) is 0 Å². The maximum atomic E-state index is 11.8. The fourth-order valence-corrected chi connectivity index (χ4v) is 2.08. The van der Waals surface area contributed by atoms with Crippen molar-refractivity contribution in [3.05, 3.63) is 29.8 Å². The van der Waals surface area contributed by atoms with Gasteiger partial charge in [0.1, 0.15) is 0 Å². The van der Waals surface area contributed by atoms with E-state index in [1.807, 2.05) is 12.1 Å². The average molecular weight is 320 g/mol. The first-order valence-corrected chi connectivity index (χ1v) is 7.82. The highest BCUT2D eigenvalue weighted by molar-refractivity contribution is 5.90. The first-order valence-electron chi connectivity index (χ1n) is 7.82. The molecule has 23 heavy (non-hydrogen) atoms. The molecule has 0 radical (unpaired) electrons. The van der Waals surface area contributed by atoms with Crippen molar-refractivity contribution in [3.8, 4) is 0 Å². The Hall–Kier alpha value is -2.37. The second kappa shape index (κ2) is 10.4. The van der Waals surface area contributed by atoms with E-state index in [0.717, 1.165) is 24.8 Å². The fraction of sp³-hybridized carbons (Fsp3) is 0.471. The number of hydrogen-bond acceptors (Lipinski definition) is 3. The highest BCUT2D eigenvalue weighted by atomic mass is 16.4. The van der Waals surface area contributed by atoms with E-state index < -0.39 is 5.97 Å². The second-order valence-corrected chi connectivity index (χ2v) is 5.43. The lowest BCUT2D eigenvalue weighted by atomic mass is 10.1. The van der Waals surface area contributed by atoms with Crippen molar-refractivity contribution >= 4 is 23.5 Å². The molecular formula is C17H24N2O4. The SMILES string of the molecule is CC(=O)NCCCCCC(=O)Nc1ccc(CCC(=O)O)cc1. The lowest BCUT2D eigenvalue weighted by Gasteiger charge is -2.06. The standard InChI is InChI=1S/C17H24N2O4/c1-13(20)18-12-4-2-3-5-16(21)19-15-9-6-14(7-10-15)8-11-17(22)23/h6-7,9-10H,2-5,8,11-12H2,1H3,(H,18,20)(H,19,21)(H,22,23). The number of carboxylic acid groups (broad SMARTS) is 1. The molecule has 0 fully saturated rings. The largest absolute Gasteiger partial charge is 0.481 e. The number of hydrogen-bond donors (Lipinski definition) is 3. The number of anilines is 1. The van der Waals surface area contributed by atoms with Gasteiger partial charge in [-0.3, -0.25) is 14.4 Å². The number of nitrogens with one attached hydrogen (secondary N) is 2. The van der Waals surface area contributed by atoms with E-state index in [2.05, 4.69) is 10.6 Å². The van der Waals surface area contributed by atoms with Gasteiger partial charge in [0.25, 0.3) is 0 Å². The number of carbonyl (C=O) groups excluding carboxylic acids is 2. The first kappa shape index (κ1) is 18.7. The van der Waals surface area contributed by atoms with Crippen LogP contribution in [-0.2, 0) is 20.8 Å². The molecule has 0 unspecified atom stereocenters. The Kier molecular flexibility index (Phi) is 8.42. The van der Waals surface area contributed by atoms with Crippen molar-refractivity contribution in [3.63, 3.8) is 0 Å². The zero-order chi connectivity index (χ0) is 17.1. The lowest BCUT2D eigenvalue weighted by Crippen LogP contribution is -2.20. The molecule has 126 valence electrons. The molecule has 0 aliphatic heterocycles. The van der Waals surface area contributed by atoms with Crippen LogP contribution < -0.4 is 10.6 Å². The summed E-state index contributed by atoms with van der Waals surface area (Å²) in [5, 5.41) is 14.2. The molecule has 0 bridgehead atoms. The predicted molar refractivity (Wildman–Crippen MR) is 88.2 cm³/mol. The highest BCUT2D eigenvalue weighted by Gasteiger charge is 2.03. The van der Waals surface area contributed by atoms with Gasteiger partial charge in [-0.05, 0) is 37.0 Å². The molecule has 3 N–H and O–H groups in total. The van der Waals surface area contributed by atoms with Crippen LogP contribution in [-0.4, -0.2) is 29.4 Å². The molecule has 0 aliphatic rings. The minimum absolute atomic E-state index is 0.0328. The Bertz CT molecular complexity index is 526. The zero-order valence-electron chi connectivity index (χ0n) is 13.4. The number of carbonyl (C=O) groups is 3. The zero-order valence-corrected chi connectivity index (χ0v) is 13.4. The number of rotatable bonds is 10. The van der Waals surface area contributed by atoms with Crippen molar-refractivity contribution in [2.75, 3.05) is 11.9 Å². The number of carboxylic acids is 1. The quantitative estimate of drug-likeness (QED) is 0.577. The molecule has 0 aliphatic carbocycles. The van der Waals surface area contributed by atoms with Crippen molar-refractivity contribution in [2.45, 2.75) is 45.4 Å². The van der Waals surface area contributed by atoms with Gasteiger partial charge in [0.2, 0.25) is 11.8 Å². The van der Waals surface area contributed by atoms with Gasteiger partial charge < -0.3 is 15.7 Å². The van der Waals surface area contributed by atoms with Crippen LogP contribution in [0.15, 0.2) is 24.3 Å². The summed E-state index contributed by atoms with van der Waals surface area (Å²) in [5.41, 5.74) is 1.65. The normalized spacial score (nSPS) is 10.1. The number of aliphatic carboxylic acids is 1. The first-order chi connectivity index (χ1) is 11.0. The van der Waals surface area contributed by atoms with E-state index in [4.69, 9.17) is 5.11 Å². The molecule has 1 aromatic rings. The third-order valence-corrected chi connectivity index (χ3v) is 3.32. The monoisotopic (exact) mass is 320 g/mol. The molecule has 2 amide bonds. The van der Waals surface area contributed by atoms with Crippen molar-refractivity contribution < 1.29 is 19.5 Å². The molecule has 0 saturated heterocycles. The molecule has 0 spiro atoms. The van der Waals surface area contributed by atoms with E-state index in [0.29, 0.717) is 25.1 Å². The van der Waals surface area contributed by atoms with Gasteiger partial charge >= 0.3 is 5.97 Å². The Morgan fingerprint density at radius 2 is 1.70 bits per heavy atom. The van der Waals surface area contributed by atoms with Gasteiger partial charge in [-0.15, -0.1) is 0 Å². The maximum absolute atomic E-state index is 11.8. The summed E-state index contributed by atoms with van der Waals surface area (Å²) in [5.74, 6) is -0.891. The summed E-state index contributed by atoms with van der Waals surface area (Å²) in [4.78, 5) is 33.0. The molecule has 0 atom stereocenters. The Morgan fingerprint density at radius 1 is 1.00 bits per heavy atom. The molecule has 0 aromatic heterocycles. The Labute approximate surface area is 136 Å². The van der Waals surface area contributed by atoms with Crippen molar-refractivity contribution in [2.24, 2.45) is 0 Å². The summed E-state index contributed by atoms with van der Waals surface area (Å²) in [6.45, 7) is 2.13. The van der Waals surface area contributed by atoms with Crippen LogP contribution in [0.1, 0.15) is 44.6 Å². The summed E-state index contributed by atoms with van der Waals surface area (Å²) < 4.78 is 0. The van der Waals surface area contributed by atoms with Gasteiger partial charge in [0, 0.05) is 32.0 Å². The Balaban J connectivity index is 2.21. The van der Waals surface area contributed by atoms with E-state index in [-0.39, 0.29) is 18.2 Å². The van der Waals surface area contributed by atoms with E-state index in [1.165, 1.54) is 6.92 Å². The average Bonchev–Trinajstić information content (AvgIpc) is 2.49. The van der Waals surface area contributed by atoms with Crippen LogP contribution in [0, 0.1) is 0 Å². The number of amides is 2. The van der Waals surface area contributed by atoms with E-state index >= 15 is 0 Å². The molecule has 1 rings (SSSR count). The summed E-state index contributed by atoms with van der Waals surface area (Å²) in [6.07, 6.45) is 3.57. The van der Waals surface area contributed by atoms with E-state index in [1.54, 1.807) is 12.1 Å². The molecule has 1 aromatic carbocycles. The Morgan fingerprint density at radius 3 is 2.30 bits per heavy atom. The van der Waals surface area contributed by atoms with Gasteiger partial charge in [0.05, 0.1) is 0 Å². The van der Waals surface area contributed by atoms with Crippen LogP contribution in [0.25, 0.3) is 0 Å². The maximum Gasteiger partial charge on any atom is 0.303 e. The van der Waals surface area contributed by atoms with E-state index in [9.17, 15) is 14.4 Å². The number of benzene rings is 1. The minimum Gasteiger partial charge on any atom is -0.481 e. The summed E-state index contributed by atoms with van der Waals surface area (Å²) in [7, 11) is 0. The molecule has 0 saturated carbocycles. The third kappa shape index (κ3) is 9.29. The number of unbranched alkanes of at least 4 members (excludes halogenated alkanes) is 2. The summed E-state index contributed by atoms with van der Waals surface area (Å²) in [6, 6.07) is 7.22. The minimum atomic E-state index is -0.819. The molecule has 6 heteroatoms.